The van der Waals surface area contributed by atoms with Crippen LogP contribution in [0.15, 0.2) is 82.8 Å². The Kier molecular flexibility index (Phi) is 8.88. The van der Waals surface area contributed by atoms with Gasteiger partial charge in [0.05, 0.1) is 22.9 Å². The maximum Gasteiger partial charge on any atom is 0.320 e. The van der Waals surface area contributed by atoms with E-state index >= 15 is 0 Å². The fraction of sp³-hybridized carbons (Fsp3) is 0.276. The number of thiazole rings is 1. The van der Waals surface area contributed by atoms with Crippen molar-refractivity contribution >= 4 is 33.5 Å². The van der Waals surface area contributed by atoms with Gasteiger partial charge in [0.15, 0.2) is 5.92 Å². The highest BCUT2D eigenvalue weighted by Crippen LogP contribution is 2.29. The summed E-state index contributed by atoms with van der Waals surface area (Å²) in [5, 5.41) is 12.7. The number of aromatic nitrogens is 1. The molecule has 1 N–H and O–H groups in total. The number of nitrogens with zero attached hydrogens (tertiary/aromatic N) is 2. The van der Waals surface area contributed by atoms with Crippen LogP contribution in [0, 0.1) is 10.8 Å². The molecule has 9 nitrogen and oxygen atoms in total. The maximum atomic E-state index is 12.7. The summed E-state index contributed by atoms with van der Waals surface area (Å²) in [7, 11) is 0. The van der Waals surface area contributed by atoms with E-state index in [4.69, 9.17) is 9.47 Å². The molecule has 3 aromatic carbocycles. The van der Waals surface area contributed by atoms with E-state index in [0.717, 1.165) is 32.7 Å². The van der Waals surface area contributed by atoms with Gasteiger partial charge < -0.3 is 14.6 Å². The van der Waals surface area contributed by atoms with Crippen molar-refractivity contribution in [2.75, 3.05) is 6.61 Å². The minimum atomic E-state index is -1.29. The number of carbonyl (C=O) groups excluding carboxylic acids is 1. The summed E-state index contributed by atoms with van der Waals surface area (Å²) in [6.07, 6.45) is -0.394. The van der Waals surface area contributed by atoms with Gasteiger partial charge in [-0.25, -0.2) is 0 Å². The zero-order chi connectivity index (χ0) is 27.9. The van der Waals surface area contributed by atoms with Gasteiger partial charge >= 0.3 is 16.8 Å². The van der Waals surface area contributed by atoms with E-state index in [0.29, 0.717) is 17.9 Å². The Labute approximate surface area is 228 Å². The summed E-state index contributed by atoms with van der Waals surface area (Å²) in [6.45, 7) is 3.88. The highest BCUT2D eigenvalue weighted by atomic mass is 32.1. The monoisotopic (exact) mass is 548 g/mol. The quantitative estimate of drug-likeness (QED) is 0.147. The molecule has 0 radical (unpaired) electrons. The van der Waals surface area contributed by atoms with Gasteiger partial charge in [-0.15, -0.1) is 4.91 Å². The van der Waals surface area contributed by atoms with Crippen molar-refractivity contribution in [2.45, 2.75) is 39.0 Å². The van der Waals surface area contributed by atoms with Crippen molar-refractivity contribution in [1.29, 1.82) is 0 Å². The Morgan fingerprint density at radius 2 is 1.72 bits per heavy atom. The van der Waals surface area contributed by atoms with Crippen molar-refractivity contribution in [3.05, 3.63) is 104 Å². The van der Waals surface area contributed by atoms with Crippen LogP contribution in [0.25, 0.3) is 10.2 Å². The first-order valence-electron chi connectivity index (χ1n) is 12.4. The average molecular weight is 549 g/mol. The Morgan fingerprint density at radius 3 is 2.36 bits per heavy atom. The minimum absolute atomic E-state index is 0.00416. The van der Waals surface area contributed by atoms with Crippen molar-refractivity contribution in [3.8, 4) is 5.75 Å². The Hall–Kier alpha value is -4.31. The third-order valence-electron chi connectivity index (χ3n) is 6.11. The minimum Gasteiger partial charge on any atom is -0.492 e. The van der Waals surface area contributed by atoms with Crippen molar-refractivity contribution in [3.63, 3.8) is 0 Å². The summed E-state index contributed by atoms with van der Waals surface area (Å²) >= 11 is 1.10. The first kappa shape index (κ1) is 27.7. The molecule has 0 saturated heterocycles. The molecular formula is C29H28N2O7S. The largest absolute Gasteiger partial charge is 0.492 e. The van der Waals surface area contributed by atoms with E-state index < -0.39 is 30.0 Å². The molecule has 0 aliphatic carbocycles. The summed E-state index contributed by atoms with van der Waals surface area (Å²) in [5.41, 5.74) is 2.91. The molecule has 0 aliphatic rings. The van der Waals surface area contributed by atoms with E-state index in [1.807, 2.05) is 48.5 Å². The van der Waals surface area contributed by atoms with Crippen LogP contribution in [0.3, 0.4) is 0 Å². The lowest BCUT2D eigenvalue weighted by atomic mass is 9.99. The molecule has 2 atom stereocenters. The SMILES string of the molecule is CC(C)OC(=O)C(Cc1ccc(OCCn2c(=O)sc3cc(C(N=O)c4ccccc4)ccc32)cc1)C(=O)O. The first-order chi connectivity index (χ1) is 18.8. The van der Waals surface area contributed by atoms with E-state index in [9.17, 15) is 24.4 Å². The van der Waals surface area contributed by atoms with Gasteiger partial charge in [-0.3, -0.25) is 19.0 Å². The Bertz CT molecular complexity index is 1510. The van der Waals surface area contributed by atoms with Crippen LogP contribution >= 0.6 is 11.3 Å². The molecule has 0 amide bonds. The molecule has 4 aromatic rings. The van der Waals surface area contributed by atoms with E-state index in [-0.39, 0.29) is 17.9 Å². The molecule has 0 fully saturated rings. The van der Waals surface area contributed by atoms with Crippen LogP contribution in [0.1, 0.15) is 36.6 Å². The lowest BCUT2D eigenvalue weighted by Crippen LogP contribution is -2.29. The second-order valence-corrected chi connectivity index (χ2v) is 10.2. The fourth-order valence-electron chi connectivity index (χ4n) is 4.21. The van der Waals surface area contributed by atoms with Gasteiger partial charge in [0.25, 0.3) is 0 Å². The van der Waals surface area contributed by atoms with E-state index in [1.54, 1.807) is 42.7 Å². The topological polar surface area (TPSA) is 124 Å². The zero-order valence-corrected chi connectivity index (χ0v) is 22.3. The smallest absolute Gasteiger partial charge is 0.320 e. The van der Waals surface area contributed by atoms with E-state index in [1.165, 1.54) is 0 Å². The predicted molar refractivity (Wildman–Crippen MR) is 148 cm³/mol. The molecule has 0 saturated carbocycles. The molecule has 4 rings (SSSR count). The number of carboxylic acid groups (broad SMARTS) is 1. The van der Waals surface area contributed by atoms with Gasteiger partial charge in [0.2, 0.25) is 0 Å². The van der Waals surface area contributed by atoms with Gasteiger partial charge in [-0.2, -0.15) is 0 Å². The molecule has 1 aromatic heterocycles. The number of esters is 1. The highest BCUT2D eigenvalue weighted by Gasteiger charge is 2.28. The number of carboxylic acids is 1. The lowest BCUT2D eigenvalue weighted by Gasteiger charge is -2.14. The lowest BCUT2D eigenvalue weighted by molar-refractivity contribution is -0.161. The predicted octanol–water partition coefficient (Wildman–Crippen LogP) is 5.19. The van der Waals surface area contributed by atoms with Crippen molar-refractivity contribution < 1.29 is 24.2 Å². The number of hydrogen-bond acceptors (Lipinski definition) is 8. The highest BCUT2D eigenvalue weighted by molar-refractivity contribution is 7.16. The number of benzene rings is 3. The Balaban J connectivity index is 1.40. The third kappa shape index (κ3) is 6.77. The number of carbonyl (C=O) groups is 2. The van der Waals surface area contributed by atoms with Crippen LogP contribution in [-0.4, -0.2) is 34.3 Å². The number of aliphatic carboxylic acids is 1. The number of fused-ring (bicyclic) bond motifs is 1. The van der Waals surface area contributed by atoms with Gasteiger partial charge in [-0.1, -0.05) is 65.0 Å². The molecule has 39 heavy (non-hydrogen) atoms. The second kappa shape index (κ2) is 12.5. The summed E-state index contributed by atoms with van der Waals surface area (Å²) < 4.78 is 13.2. The molecule has 0 bridgehead atoms. The number of nitroso groups, excluding NO2 is 1. The van der Waals surface area contributed by atoms with Crippen LogP contribution < -0.4 is 9.61 Å². The number of rotatable bonds is 12. The number of ether oxygens (including phenoxy) is 2. The van der Waals surface area contributed by atoms with Gasteiger partial charge in [0.1, 0.15) is 18.4 Å². The first-order valence-corrected chi connectivity index (χ1v) is 13.2. The molecule has 2 unspecified atom stereocenters. The summed E-state index contributed by atoms with van der Waals surface area (Å²) in [4.78, 5) is 47.8. The summed E-state index contributed by atoms with van der Waals surface area (Å²) in [6, 6.07) is 20.9. The van der Waals surface area contributed by atoms with Crippen LogP contribution in [0.2, 0.25) is 0 Å². The van der Waals surface area contributed by atoms with Crippen molar-refractivity contribution in [1.82, 2.24) is 4.57 Å². The van der Waals surface area contributed by atoms with Crippen molar-refractivity contribution in [2.24, 2.45) is 11.1 Å². The number of hydrogen-bond donors (Lipinski definition) is 1. The third-order valence-corrected chi connectivity index (χ3v) is 7.05. The normalized spacial score (nSPS) is 12.7. The van der Waals surface area contributed by atoms with Gasteiger partial charge in [-0.05, 0) is 61.2 Å². The molecule has 10 heteroatoms. The van der Waals surface area contributed by atoms with Crippen LogP contribution in [0.5, 0.6) is 5.75 Å². The van der Waals surface area contributed by atoms with E-state index in [2.05, 4.69) is 5.18 Å². The fourth-order valence-corrected chi connectivity index (χ4v) is 5.18. The summed E-state index contributed by atoms with van der Waals surface area (Å²) in [5.74, 6) is -2.74. The Morgan fingerprint density at radius 1 is 1.00 bits per heavy atom. The zero-order valence-electron chi connectivity index (χ0n) is 21.5. The molecule has 0 spiro atoms. The standard InChI is InChI=1S/C29H28N2O7S/c1-18(2)38-28(34)23(27(32)33)16-19-8-11-22(12-9-19)37-15-14-31-24-13-10-21(17-25(24)39-29(31)35)26(30-36)20-6-4-3-5-7-20/h3-13,17-18,23,26H,14-16H2,1-2H3,(H,32,33). The van der Waals surface area contributed by atoms with Gasteiger partial charge in [0, 0.05) is 0 Å². The second-order valence-electron chi connectivity index (χ2n) is 9.24. The molecule has 0 aliphatic heterocycles. The molecule has 1 heterocycles. The maximum absolute atomic E-state index is 12.7. The molecular weight excluding hydrogens is 520 g/mol. The average Bonchev–Trinajstić information content (AvgIpc) is 3.22. The van der Waals surface area contributed by atoms with Crippen LogP contribution in [-0.2, 0) is 27.3 Å². The van der Waals surface area contributed by atoms with Crippen LogP contribution in [0.4, 0.5) is 0 Å². The molecule has 202 valence electrons.